The van der Waals surface area contributed by atoms with Gasteiger partial charge < -0.3 is 15.9 Å². The average molecular weight is 295 g/mol. The van der Waals surface area contributed by atoms with Crippen molar-refractivity contribution >= 4 is 22.6 Å². The number of phenols is 2. The normalized spacial score (nSPS) is 8.85. The summed E-state index contributed by atoms with van der Waals surface area (Å²) in [5.41, 5.74) is 6.24. The monoisotopic (exact) mass is 295 g/mol. The van der Waals surface area contributed by atoms with E-state index in [1.54, 1.807) is 6.07 Å². The predicted octanol–water partition coefficient (Wildman–Crippen LogP) is 1.65. The van der Waals surface area contributed by atoms with Crippen molar-refractivity contribution in [3.8, 4) is 11.5 Å². The van der Waals surface area contributed by atoms with Crippen molar-refractivity contribution in [2.45, 2.75) is 6.42 Å². The van der Waals surface area contributed by atoms with Gasteiger partial charge in [-0.2, -0.15) is 0 Å². The van der Waals surface area contributed by atoms with Crippen LogP contribution in [-0.2, 0) is 6.42 Å². The SMILES string of the molecule is CI.NCCc1ccc(O)c(O)c1. The Bertz CT molecular complexity index is 253. The van der Waals surface area contributed by atoms with Gasteiger partial charge in [0.05, 0.1) is 0 Å². The van der Waals surface area contributed by atoms with Crippen molar-refractivity contribution in [1.82, 2.24) is 0 Å². The molecule has 3 nitrogen and oxygen atoms in total. The van der Waals surface area contributed by atoms with E-state index >= 15 is 0 Å². The summed E-state index contributed by atoms with van der Waals surface area (Å²) >= 11 is 2.15. The highest BCUT2D eigenvalue weighted by Gasteiger charge is 1.98. The number of phenolic OH excluding ortho intramolecular Hbond substituents is 2. The third kappa shape index (κ3) is 4.33. The van der Waals surface area contributed by atoms with Crippen LogP contribution in [-0.4, -0.2) is 21.7 Å². The Balaban J connectivity index is 0.000000671. The molecule has 13 heavy (non-hydrogen) atoms. The molecule has 0 saturated carbocycles. The zero-order valence-corrected chi connectivity index (χ0v) is 9.65. The summed E-state index contributed by atoms with van der Waals surface area (Å²) in [7, 11) is 0. The van der Waals surface area contributed by atoms with Crippen molar-refractivity contribution in [2.75, 3.05) is 11.5 Å². The highest BCUT2D eigenvalue weighted by molar-refractivity contribution is 14.1. The van der Waals surface area contributed by atoms with Gasteiger partial charge in [0, 0.05) is 0 Å². The summed E-state index contributed by atoms with van der Waals surface area (Å²) in [6.07, 6.45) is 0.716. The molecule has 0 aliphatic heterocycles. The van der Waals surface area contributed by atoms with E-state index in [2.05, 4.69) is 22.6 Å². The largest absolute Gasteiger partial charge is 0.504 e. The summed E-state index contributed by atoms with van der Waals surface area (Å²) in [5, 5.41) is 18.0. The highest BCUT2D eigenvalue weighted by Crippen LogP contribution is 2.24. The Morgan fingerprint density at radius 3 is 2.31 bits per heavy atom. The van der Waals surface area contributed by atoms with E-state index < -0.39 is 0 Å². The molecule has 0 unspecified atom stereocenters. The molecule has 0 fully saturated rings. The third-order valence-corrected chi connectivity index (χ3v) is 1.47. The van der Waals surface area contributed by atoms with Crippen LogP contribution < -0.4 is 5.73 Å². The molecule has 4 N–H and O–H groups in total. The van der Waals surface area contributed by atoms with Gasteiger partial charge in [0.1, 0.15) is 0 Å². The van der Waals surface area contributed by atoms with Gasteiger partial charge in [-0.3, -0.25) is 0 Å². The molecule has 0 amide bonds. The lowest BCUT2D eigenvalue weighted by molar-refractivity contribution is 0.403. The van der Waals surface area contributed by atoms with Crippen molar-refractivity contribution < 1.29 is 10.2 Å². The minimum Gasteiger partial charge on any atom is -0.504 e. The Morgan fingerprint density at radius 1 is 1.23 bits per heavy atom. The number of halogens is 1. The van der Waals surface area contributed by atoms with Crippen LogP contribution in [0.25, 0.3) is 0 Å². The first-order chi connectivity index (χ1) is 6.24. The lowest BCUT2D eigenvalue weighted by Gasteiger charge is -2.00. The molecule has 0 saturated heterocycles. The maximum atomic E-state index is 9.04. The predicted molar refractivity (Wildman–Crippen MR) is 62.5 cm³/mol. The van der Waals surface area contributed by atoms with Gasteiger partial charge in [-0.1, -0.05) is 28.7 Å². The van der Waals surface area contributed by atoms with Gasteiger partial charge in [0.15, 0.2) is 11.5 Å². The van der Waals surface area contributed by atoms with E-state index in [-0.39, 0.29) is 11.5 Å². The Morgan fingerprint density at radius 2 is 1.85 bits per heavy atom. The van der Waals surface area contributed by atoms with Crippen molar-refractivity contribution in [2.24, 2.45) is 5.73 Å². The first-order valence-corrected chi connectivity index (χ1v) is 5.98. The van der Waals surface area contributed by atoms with Crippen LogP contribution in [0, 0.1) is 0 Å². The highest BCUT2D eigenvalue weighted by atomic mass is 127. The van der Waals surface area contributed by atoms with Gasteiger partial charge >= 0.3 is 0 Å². The Kier molecular flexibility index (Phi) is 6.70. The van der Waals surface area contributed by atoms with E-state index in [1.165, 1.54) is 12.1 Å². The first-order valence-electron chi connectivity index (χ1n) is 3.83. The quantitative estimate of drug-likeness (QED) is 0.441. The van der Waals surface area contributed by atoms with Gasteiger partial charge in [0.2, 0.25) is 0 Å². The fourth-order valence-electron chi connectivity index (χ4n) is 0.891. The molecule has 0 aromatic heterocycles. The average Bonchev–Trinajstić information content (AvgIpc) is 2.15. The van der Waals surface area contributed by atoms with E-state index in [9.17, 15) is 0 Å². The smallest absolute Gasteiger partial charge is 0.157 e. The van der Waals surface area contributed by atoms with Crippen LogP contribution in [0.15, 0.2) is 18.2 Å². The summed E-state index contributed by atoms with van der Waals surface area (Å²) in [6.45, 7) is 0.546. The maximum Gasteiger partial charge on any atom is 0.157 e. The fraction of sp³-hybridized carbons (Fsp3) is 0.333. The molecule has 0 heterocycles. The number of alkyl halides is 1. The molecule has 1 rings (SSSR count). The molecule has 0 radical (unpaired) electrons. The molecular formula is C9H14INO2. The second-order valence-corrected chi connectivity index (χ2v) is 2.36. The maximum absolute atomic E-state index is 9.04. The van der Waals surface area contributed by atoms with Crippen molar-refractivity contribution in [3.63, 3.8) is 0 Å². The topological polar surface area (TPSA) is 66.5 Å². The first kappa shape index (κ1) is 12.5. The third-order valence-electron chi connectivity index (χ3n) is 1.47. The van der Waals surface area contributed by atoms with E-state index in [0.717, 1.165) is 5.56 Å². The Labute approximate surface area is 91.7 Å². The standard InChI is InChI=1S/C8H11NO2.CH3I/c9-4-3-6-1-2-7(10)8(11)5-6;1-2/h1-2,5,10-11H,3-4,9H2;1H3. The lowest BCUT2D eigenvalue weighted by Crippen LogP contribution is -2.02. The molecule has 0 bridgehead atoms. The van der Waals surface area contributed by atoms with Crippen molar-refractivity contribution in [1.29, 1.82) is 0 Å². The molecule has 1 aromatic carbocycles. The summed E-state index contributed by atoms with van der Waals surface area (Å²) < 4.78 is 0. The zero-order valence-electron chi connectivity index (χ0n) is 7.50. The summed E-state index contributed by atoms with van der Waals surface area (Å²) in [5.74, 6) is -0.179. The van der Waals surface area contributed by atoms with Gasteiger partial charge in [-0.25, -0.2) is 0 Å². The number of nitrogens with two attached hydrogens (primary N) is 1. The molecule has 1 aromatic rings. The minimum atomic E-state index is -0.0919. The summed E-state index contributed by atoms with van der Waals surface area (Å²) in [6, 6.07) is 4.71. The summed E-state index contributed by atoms with van der Waals surface area (Å²) in [4.78, 5) is 1.97. The van der Waals surface area contributed by atoms with Crippen LogP contribution in [0.2, 0.25) is 0 Å². The number of hydrogen-bond acceptors (Lipinski definition) is 3. The number of rotatable bonds is 2. The van der Waals surface area contributed by atoms with Crippen LogP contribution in [0.1, 0.15) is 5.56 Å². The lowest BCUT2D eigenvalue weighted by atomic mass is 10.1. The van der Waals surface area contributed by atoms with E-state index in [0.29, 0.717) is 13.0 Å². The molecule has 0 aliphatic carbocycles. The zero-order chi connectivity index (χ0) is 10.3. The van der Waals surface area contributed by atoms with Crippen LogP contribution in [0.3, 0.4) is 0 Å². The number of aromatic hydroxyl groups is 2. The fourth-order valence-corrected chi connectivity index (χ4v) is 0.891. The molecular weight excluding hydrogens is 281 g/mol. The number of hydrogen-bond donors (Lipinski definition) is 3. The van der Waals surface area contributed by atoms with Crippen LogP contribution in [0.4, 0.5) is 0 Å². The van der Waals surface area contributed by atoms with Gasteiger partial charge in [-0.15, -0.1) is 0 Å². The molecule has 0 aliphatic rings. The molecule has 0 spiro atoms. The second kappa shape index (κ2) is 6.97. The van der Waals surface area contributed by atoms with Gasteiger partial charge in [-0.05, 0) is 35.6 Å². The Hall–Kier alpha value is -0.490. The van der Waals surface area contributed by atoms with E-state index in [1.807, 2.05) is 4.93 Å². The van der Waals surface area contributed by atoms with Crippen LogP contribution in [0.5, 0.6) is 11.5 Å². The molecule has 0 atom stereocenters. The van der Waals surface area contributed by atoms with E-state index in [4.69, 9.17) is 15.9 Å². The molecule has 4 heteroatoms. The molecule has 74 valence electrons. The number of benzene rings is 1. The minimum absolute atomic E-state index is 0.0871. The van der Waals surface area contributed by atoms with Crippen LogP contribution >= 0.6 is 22.6 Å². The second-order valence-electron chi connectivity index (χ2n) is 2.36. The van der Waals surface area contributed by atoms with Gasteiger partial charge in [0.25, 0.3) is 0 Å². The van der Waals surface area contributed by atoms with Crippen molar-refractivity contribution in [3.05, 3.63) is 23.8 Å².